The quantitative estimate of drug-likeness (QED) is 0.587. The molecule has 4 heteroatoms. The Kier molecular flexibility index (Phi) is 2.84. The van der Waals surface area contributed by atoms with Crippen LogP contribution >= 0.6 is 0 Å². The van der Waals surface area contributed by atoms with Gasteiger partial charge in [-0.05, 0) is 31.5 Å². The first-order chi connectivity index (χ1) is 6.43. The van der Waals surface area contributed by atoms with Gasteiger partial charge in [-0.1, -0.05) is 0 Å². The summed E-state index contributed by atoms with van der Waals surface area (Å²) < 4.78 is 24.8. The lowest BCUT2D eigenvalue weighted by Crippen LogP contribution is -2.03. The number of benzene rings is 1. The molecular formula is C10H11F2NO. The first kappa shape index (κ1) is 10.6. The van der Waals surface area contributed by atoms with Gasteiger partial charge in [0.2, 0.25) is 0 Å². The van der Waals surface area contributed by atoms with Crippen molar-refractivity contribution in [3.63, 3.8) is 0 Å². The Labute approximate surface area is 80.7 Å². The number of hydrogen-bond donors (Lipinski definition) is 1. The molecule has 0 unspecified atom stereocenters. The van der Waals surface area contributed by atoms with Crippen LogP contribution in [0, 0.1) is 6.92 Å². The highest BCUT2D eigenvalue weighted by Gasteiger charge is 2.14. The minimum atomic E-state index is -2.56. The summed E-state index contributed by atoms with van der Waals surface area (Å²) in [6.45, 7) is 2.89. The molecule has 0 amide bonds. The van der Waals surface area contributed by atoms with Gasteiger partial charge in [0, 0.05) is 16.8 Å². The topological polar surface area (TPSA) is 43.1 Å². The molecule has 1 aromatic rings. The van der Waals surface area contributed by atoms with E-state index >= 15 is 0 Å². The van der Waals surface area contributed by atoms with Gasteiger partial charge in [-0.2, -0.15) is 0 Å². The molecule has 2 N–H and O–H groups in total. The second-order valence-electron chi connectivity index (χ2n) is 3.15. The fourth-order valence-electron chi connectivity index (χ4n) is 1.28. The Bertz CT molecular complexity index is 375. The van der Waals surface area contributed by atoms with Crippen LogP contribution in [0.2, 0.25) is 0 Å². The fraction of sp³-hybridized carbons (Fsp3) is 0.300. The van der Waals surface area contributed by atoms with Crippen LogP contribution in [0.4, 0.5) is 14.5 Å². The standard InChI is InChI=1S/C10H11F2NO/c1-5-3-8(6(2)14)9(13)4-7(5)10(11)12/h3-4,10H,13H2,1-2H3. The Morgan fingerprint density at radius 1 is 1.43 bits per heavy atom. The summed E-state index contributed by atoms with van der Waals surface area (Å²) in [6, 6.07) is 2.57. The van der Waals surface area contributed by atoms with Crippen LogP contribution in [0.1, 0.15) is 34.8 Å². The zero-order valence-electron chi connectivity index (χ0n) is 7.97. The summed E-state index contributed by atoms with van der Waals surface area (Å²) in [6.07, 6.45) is -2.56. The molecule has 0 aliphatic rings. The van der Waals surface area contributed by atoms with Gasteiger partial charge in [0.05, 0.1) is 0 Å². The number of hydrogen-bond acceptors (Lipinski definition) is 2. The first-order valence-electron chi connectivity index (χ1n) is 4.12. The molecule has 0 aliphatic heterocycles. The predicted octanol–water partition coefficient (Wildman–Crippen LogP) is 2.72. The van der Waals surface area contributed by atoms with E-state index in [1.807, 2.05) is 0 Å². The van der Waals surface area contributed by atoms with Crippen molar-refractivity contribution in [2.75, 3.05) is 5.73 Å². The number of anilines is 1. The van der Waals surface area contributed by atoms with E-state index in [0.717, 1.165) is 6.07 Å². The lowest BCUT2D eigenvalue weighted by atomic mass is 10.0. The molecule has 0 bridgehead atoms. The van der Waals surface area contributed by atoms with Gasteiger partial charge in [-0.15, -0.1) is 0 Å². The maximum absolute atomic E-state index is 12.4. The number of ketones is 1. The number of Topliss-reactive ketones (excluding diaryl/α,β-unsaturated/α-hetero) is 1. The molecule has 2 nitrogen and oxygen atoms in total. The lowest BCUT2D eigenvalue weighted by Gasteiger charge is -2.09. The van der Waals surface area contributed by atoms with Crippen molar-refractivity contribution >= 4 is 11.5 Å². The van der Waals surface area contributed by atoms with E-state index in [4.69, 9.17) is 5.73 Å². The van der Waals surface area contributed by atoms with Gasteiger partial charge in [0.15, 0.2) is 5.78 Å². The molecule has 0 fully saturated rings. The number of rotatable bonds is 2. The zero-order valence-corrected chi connectivity index (χ0v) is 7.97. The molecule has 76 valence electrons. The lowest BCUT2D eigenvalue weighted by molar-refractivity contribution is 0.101. The number of alkyl halides is 2. The summed E-state index contributed by atoms with van der Waals surface area (Å²) in [4.78, 5) is 11.0. The molecular weight excluding hydrogens is 188 g/mol. The highest BCUT2D eigenvalue weighted by atomic mass is 19.3. The second-order valence-corrected chi connectivity index (χ2v) is 3.15. The van der Waals surface area contributed by atoms with Gasteiger partial charge < -0.3 is 5.73 Å². The largest absolute Gasteiger partial charge is 0.398 e. The fourth-order valence-corrected chi connectivity index (χ4v) is 1.28. The third kappa shape index (κ3) is 1.89. The summed E-state index contributed by atoms with van der Waals surface area (Å²) in [7, 11) is 0. The van der Waals surface area contributed by atoms with Crippen LogP contribution in [0.25, 0.3) is 0 Å². The molecule has 1 aromatic carbocycles. The van der Waals surface area contributed by atoms with E-state index in [1.165, 1.54) is 19.9 Å². The van der Waals surface area contributed by atoms with E-state index in [9.17, 15) is 13.6 Å². The molecule has 0 spiro atoms. The molecule has 0 atom stereocenters. The molecule has 1 rings (SSSR count). The average Bonchev–Trinajstić information content (AvgIpc) is 2.07. The minimum Gasteiger partial charge on any atom is -0.398 e. The van der Waals surface area contributed by atoms with Gasteiger partial charge in [-0.25, -0.2) is 8.78 Å². The highest BCUT2D eigenvalue weighted by Crippen LogP contribution is 2.27. The second kappa shape index (κ2) is 3.74. The normalized spacial score (nSPS) is 10.6. The van der Waals surface area contributed by atoms with Crippen molar-refractivity contribution in [2.45, 2.75) is 20.3 Å². The third-order valence-electron chi connectivity index (χ3n) is 2.05. The Balaban J connectivity index is 3.31. The number of nitrogen functional groups attached to an aromatic ring is 1. The van der Waals surface area contributed by atoms with Crippen LogP contribution in [-0.2, 0) is 0 Å². The molecule has 14 heavy (non-hydrogen) atoms. The predicted molar refractivity (Wildman–Crippen MR) is 50.6 cm³/mol. The summed E-state index contributed by atoms with van der Waals surface area (Å²) in [5.74, 6) is -0.216. The van der Waals surface area contributed by atoms with E-state index in [1.54, 1.807) is 0 Å². The van der Waals surface area contributed by atoms with Crippen LogP contribution in [0.15, 0.2) is 12.1 Å². The zero-order chi connectivity index (χ0) is 10.9. The highest BCUT2D eigenvalue weighted by molar-refractivity contribution is 5.99. The minimum absolute atomic E-state index is 0.110. The van der Waals surface area contributed by atoms with Crippen molar-refractivity contribution in [1.29, 1.82) is 0 Å². The van der Waals surface area contributed by atoms with Gasteiger partial charge in [0.1, 0.15) is 0 Å². The van der Waals surface area contributed by atoms with Crippen molar-refractivity contribution in [3.8, 4) is 0 Å². The van der Waals surface area contributed by atoms with Crippen molar-refractivity contribution in [1.82, 2.24) is 0 Å². The maximum Gasteiger partial charge on any atom is 0.264 e. The molecule has 0 aromatic heterocycles. The monoisotopic (exact) mass is 199 g/mol. The van der Waals surface area contributed by atoms with Crippen molar-refractivity contribution in [3.05, 3.63) is 28.8 Å². The maximum atomic E-state index is 12.4. The molecule has 0 aliphatic carbocycles. The van der Waals surface area contributed by atoms with E-state index in [0.29, 0.717) is 11.1 Å². The van der Waals surface area contributed by atoms with Gasteiger partial charge in [0.25, 0.3) is 6.43 Å². The average molecular weight is 199 g/mol. The number of nitrogens with two attached hydrogens (primary N) is 1. The van der Waals surface area contributed by atoms with E-state index < -0.39 is 6.43 Å². The summed E-state index contributed by atoms with van der Waals surface area (Å²) in [5, 5.41) is 0. The van der Waals surface area contributed by atoms with E-state index in [-0.39, 0.29) is 17.0 Å². The van der Waals surface area contributed by atoms with E-state index in [2.05, 4.69) is 0 Å². The molecule has 0 radical (unpaired) electrons. The third-order valence-corrected chi connectivity index (χ3v) is 2.05. The van der Waals surface area contributed by atoms with Crippen molar-refractivity contribution < 1.29 is 13.6 Å². The number of halogens is 2. The number of carbonyl (C=O) groups excluding carboxylic acids is 1. The van der Waals surface area contributed by atoms with Crippen LogP contribution in [0.3, 0.4) is 0 Å². The molecule has 0 saturated heterocycles. The summed E-state index contributed by atoms with van der Waals surface area (Å²) >= 11 is 0. The molecule has 0 heterocycles. The van der Waals surface area contributed by atoms with Crippen LogP contribution in [0.5, 0.6) is 0 Å². The Morgan fingerprint density at radius 3 is 2.43 bits per heavy atom. The SMILES string of the molecule is CC(=O)c1cc(C)c(C(F)F)cc1N. The first-order valence-corrected chi connectivity index (χ1v) is 4.12. The van der Waals surface area contributed by atoms with Crippen LogP contribution < -0.4 is 5.73 Å². The van der Waals surface area contributed by atoms with Crippen molar-refractivity contribution in [2.24, 2.45) is 0 Å². The number of aryl methyl sites for hydroxylation is 1. The number of carbonyl (C=O) groups is 1. The van der Waals surface area contributed by atoms with Gasteiger partial charge in [-0.3, -0.25) is 4.79 Å². The van der Waals surface area contributed by atoms with Gasteiger partial charge >= 0.3 is 0 Å². The Hall–Kier alpha value is -1.45. The van der Waals surface area contributed by atoms with Crippen LogP contribution in [-0.4, -0.2) is 5.78 Å². The summed E-state index contributed by atoms with van der Waals surface area (Å²) in [5.41, 5.74) is 6.15. The smallest absolute Gasteiger partial charge is 0.264 e. The Morgan fingerprint density at radius 2 is 2.00 bits per heavy atom. The molecule has 0 saturated carbocycles.